The molecule has 2 aliphatic rings. The predicted octanol–water partition coefficient (Wildman–Crippen LogP) is 1.15. The fourth-order valence-corrected chi connectivity index (χ4v) is 2.89. The van der Waals surface area contributed by atoms with Gasteiger partial charge in [-0.15, -0.1) is 0 Å². The molecule has 2 aliphatic heterocycles. The molecule has 14 heavy (non-hydrogen) atoms. The van der Waals surface area contributed by atoms with Gasteiger partial charge in [-0.3, -0.25) is 4.79 Å². The van der Waals surface area contributed by atoms with Gasteiger partial charge in [0.15, 0.2) is 0 Å². The van der Waals surface area contributed by atoms with Crippen LogP contribution in [0.5, 0.6) is 0 Å². The summed E-state index contributed by atoms with van der Waals surface area (Å²) < 4.78 is 14.1. The average Bonchev–Trinajstić information content (AvgIpc) is 2.38. The smallest absolute Gasteiger partial charge is 0.246 e. The van der Waals surface area contributed by atoms with Gasteiger partial charge >= 0.3 is 0 Å². The number of nitrogens with zero attached hydrogens (tertiary/aromatic N) is 2. The first-order valence-corrected chi connectivity index (χ1v) is 5.66. The van der Waals surface area contributed by atoms with E-state index in [0.717, 1.165) is 19.5 Å². The minimum atomic E-state index is -0.563. The molecule has 2 fully saturated rings. The van der Waals surface area contributed by atoms with Crippen molar-refractivity contribution in [3.05, 3.63) is 12.2 Å². The molecule has 3 nitrogen and oxygen atoms in total. The lowest BCUT2D eigenvalue weighted by atomic mass is 9.98. The standard InChI is InChI=1S/C9H12FIN2O/c10-4-1-2-9(14)12-6-8-7(12)3-5-13(8)11/h1-2,7-8H,3-6H2/b2-1+. The Balaban J connectivity index is 1.91. The topological polar surface area (TPSA) is 23.6 Å². The maximum Gasteiger partial charge on any atom is 0.246 e. The van der Waals surface area contributed by atoms with Gasteiger partial charge in [0.2, 0.25) is 5.91 Å². The zero-order chi connectivity index (χ0) is 10.1. The maximum absolute atomic E-state index is 11.8. The lowest BCUT2D eigenvalue weighted by Crippen LogP contribution is -2.61. The molecule has 0 aromatic carbocycles. The second kappa shape index (κ2) is 4.14. The first kappa shape index (κ1) is 10.4. The number of allylic oxidation sites excluding steroid dienone is 1. The summed E-state index contributed by atoms with van der Waals surface area (Å²) >= 11 is 2.30. The van der Waals surface area contributed by atoms with Crippen molar-refractivity contribution in [1.82, 2.24) is 8.01 Å². The van der Waals surface area contributed by atoms with Crippen LogP contribution in [0.1, 0.15) is 6.42 Å². The van der Waals surface area contributed by atoms with E-state index in [0.29, 0.717) is 12.1 Å². The maximum atomic E-state index is 11.8. The van der Waals surface area contributed by atoms with Gasteiger partial charge in [0.05, 0.1) is 12.1 Å². The summed E-state index contributed by atoms with van der Waals surface area (Å²) in [4.78, 5) is 13.3. The molecule has 0 saturated carbocycles. The minimum Gasteiger partial charge on any atom is -0.333 e. The highest BCUT2D eigenvalue weighted by Gasteiger charge is 2.47. The van der Waals surface area contributed by atoms with Crippen molar-refractivity contribution in [3.8, 4) is 0 Å². The molecule has 5 heteroatoms. The SMILES string of the molecule is O=C(/C=C/CF)N1CC2C1CCN2I. The first-order valence-electron chi connectivity index (χ1n) is 4.69. The van der Waals surface area contributed by atoms with Crippen molar-refractivity contribution in [3.63, 3.8) is 0 Å². The number of halogens is 2. The van der Waals surface area contributed by atoms with Crippen LogP contribution < -0.4 is 0 Å². The highest BCUT2D eigenvalue weighted by molar-refractivity contribution is 14.1. The zero-order valence-electron chi connectivity index (χ0n) is 7.70. The van der Waals surface area contributed by atoms with E-state index in [9.17, 15) is 9.18 Å². The van der Waals surface area contributed by atoms with E-state index in [-0.39, 0.29) is 5.91 Å². The van der Waals surface area contributed by atoms with Crippen LogP contribution in [0.2, 0.25) is 0 Å². The summed E-state index contributed by atoms with van der Waals surface area (Å²) in [6.07, 6.45) is 3.65. The molecular weight excluding hydrogens is 298 g/mol. The normalized spacial score (nSPS) is 32.0. The number of hydrogen-bond donors (Lipinski definition) is 0. The van der Waals surface area contributed by atoms with Gasteiger partial charge in [0, 0.05) is 42.0 Å². The second-order valence-electron chi connectivity index (χ2n) is 3.59. The minimum absolute atomic E-state index is 0.0457. The van der Waals surface area contributed by atoms with Crippen LogP contribution in [-0.4, -0.2) is 45.8 Å². The van der Waals surface area contributed by atoms with E-state index in [1.54, 1.807) is 0 Å². The van der Waals surface area contributed by atoms with Gasteiger partial charge < -0.3 is 4.90 Å². The Morgan fingerprint density at radius 2 is 2.36 bits per heavy atom. The fourth-order valence-electron chi connectivity index (χ4n) is 2.07. The van der Waals surface area contributed by atoms with Crippen LogP contribution in [0.4, 0.5) is 4.39 Å². The van der Waals surface area contributed by atoms with Crippen LogP contribution in [-0.2, 0) is 4.79 Å². The van der Waals surface area contributed by atoms with E-state index in [1.165, 1.54) is 12.2 Å². The number of carbonyl (C=O) groups is 1. The van der Waals surface area contributed by atoms with Crippen molar-refractivity contribution in [2.75, 3.05) is 19.8 Å². The lowest BCUT2D eigenvalue weighted by molar-refractivity contribution is -0.134. The largest absolute Gasteiger partial charge is 0.333 e. The summed E-state index contributed by atoms with van der Waals surface area (Å²) in [5, 5.41) is 0. The summed E-state index contributed by atoms with van der Waals surface area (Å²) in [5.41, 5.74) is 0. The molecule has 0 spiro atoms. The van der Waals surface area contributed by atoms with E-state index < -0.39 is 6.67 Å². The van der Waals surface area contributed by atoms with Crippen molar-refractivity contribution in [2.24, 2.45) is 0 Å². The first-order chi connectivity index (χ1) is 6.74. The Hall–Kier alpha value is -0.170. The zero-order valence-corrected chi connectivity index (χ0v) is 9.85. The Bertz CT molecular complexity index is 272. The summed E-state index contributed by atoms with van der Waals surface area (Å²) in [6, 6.07) is 0.891. The quantitative estimate of drug-likeness (QED) is 0.434. The molecule has 2 atom stereocenters. The highest BCUT2D eigenvalue weighted by atomic mass is 127. The van der Waals surface area contributed by atoms with Gasteiger partial charge in [0.1, 0.15) is 6.67 Å². The molecule has 0 aromatic heterocycles. The summed E-state index contributed by atoms with van der Waals surface area (Å²) in [6.45, 7) is 1.28. The lowest BCUT2D eigenvalue weighted by Gasteiger charge is -2.45. The molecule has 2 rings (SSSR count). The van der Waals surface area contributed by atoms with Crippen LogP contribution in [0.25, 0.3) is 0 Å². The number of fused-ring (bicyclic) bond motifs is 1. The summed E-state index contributed by atoms with van der Waals surface area (Å²) in [5.74, 6) is -0.0457. The number of alkyl halides is 1. The molecule has 1 amide bonds. The molecule has 0 radical (unpaired) electrons. The molecular formula is C9H12FIN2O. The Kier molecular flexibility index (Phi) is 3.06. The Morgan fingerprint density at radius 3 is 3.00 bits per heavy atom. The Labute approximate surface area is 96.4 Å². The number of amides is 1. The van der Waals surface area contributed by atoms with Gasteiger partial charge in [-0.25, -0.2) is 7.50 Å². The van der Waals surface area contributed by atoms with E-state index in [1.807, 2.05) is 4.90 Å². The van der Waals surface area contributed by atoms with E-state index in [4.69, 9.17) is 0 Å². The van der Waals surface area contributed by atoms with Gasteiger partial charge in [-0.1, -0.05) is 0 Å². The van der Waals surface area contributed by atoms with Gasteiger partial charge in [-0.2, -0.15) is 0 Å². The number of rotatable bonds is 2. The monoisotopic (exact) mass is 310 g/mol. The van der Waals surface area contributed by atoms with Crippen molar-refractivity contribution in [1.29, 1.82) is 0 Å². The predicted molar refractivity (Wildman–Crippen MR) is 59.7 cm³/mol. The highest BCUT2D eigenvalue weighted by Crippen LogP contribution is 2.34. The molecule has 0 aliphatic carbocycles. The van der Waals surface area contributed by atoms with Crippen LogP contribution in [0.3, 0.4) is 0 Å². The van der Waals surface area contributed by atoms with Crippen molar-refractivity contribution < 1.29 is 9.18 Å². The molecule has 2 heterocycles. The molecule has 0 N–H and O–H groups in total. The van der Waals surface area contributed by atoms with Gasteiger partial charge in [0.25, 0.3) is 0 Å². The third-order valence-electron chi connectivity index (χ3n) is 2.86. The average molecular weight is 310 g/mol. The van der Waals surface area contributed by atoms with Crippen molar-refractivity contribution >= 4 is 28.8 Å². The number of likely N-dealkylation sites (tertiary alicyclic amines) is 1. The van der Waals surface area contributed by atoms with E-state index in [2.05, 4.69) is 26.0 Å². The molecule has 2 unspecified atom stereocenters. The number of carbonyl (C=O) groups excluding carboxylic acids is 1. The third-order valence-corrected chi connectivity index (χ3v) is 4.06. The fraction of sp³-hybridized carbons (Fsp3) is 0.667. The molecule has 0 bridgehead atoms. The van der Waals surface area contributed by atoms with Crippen molar-refractivity contribution in [2.45, 2.75) is 18.5 Å². The van der Waals surface area contributed by atoms with E-state index >= 15 is 0 Å². The molecule has 0 aromatic rings. The van der Waals surface area contributed by atoms with Crippen LogP contribution in [0, 0.1) is 0 Å². The van der Waals surface area contributed by atoms with Crippen LogP contribution in [0.15, 0.2) is 12.2 Å². The summed E-state index contributed by atoms with van der Waals surface area (Å²) in [7, 11) is 0. The molecule has 78 valence electrons. The third kappa shape index (κ3) is 1.67. The van der Waals surface area contributed by atoms with Crippen LogP contribution >= 0.6 is 22.9 Å². The Morgan fingerprint density at radius 1 is 1.57 bits per heavy atom. The number of hydrogen-bond acceptors (Lipinski definition) is 2. The molecule has 2 saturated heterocycles. The second-order valence-corrected chi connectivity index (χ2v) is 4.83. The van der Waals surface area contributed by atoms with Gasteiger partial charge in [-0.05, 0) is 12.5 Å².